The van der Waals surface area contributed by atoms with Crippen molar-refractivity contribution in [3.05, 3.63) is 47.8 Å². The van der Waals surface area contributed by atoms with E-state index in [-0.39, 0.29) is 24.0 Å². The van der Waals surface area contributed by atoms with Gasteiger partial charge in [-0.3, -0.25) is 9.67 Å². The summed E-state index contributed by atoms with van der Waals surface area (Å²) in [5.74, 6) is 2.59. The van der Waals surface area contributed by atoms with Gasteiger partial charge in [0, 0.05) is 49.4 Å². The molecule has 1 aliphatic rings. The number of hydrogen-bond acceptors (Lipinski definition) is 3. The van der Waals surface area contributed by atoms with Crippen molar-refractivity contribution in [1.82, 2.24) is 20.0 Å². The first-order valence-corrected chi connectivity index (χ1v) is 10.4. The molecular formula is C20H30IN5S. The minimum absolute atomic E-state index is 0. The molecule has 0 radical (unpaired) electrons. The average molecular weight is 499 g/mol. The maximum absolute atomic E-state index is 4.85. The largest absolute Gasteiger partial charge is 0.357 e. The van der Waals surface area contributed by atoms with Gasteiger partial charge in [0.25, 0.3) is 0 Å². The van der Waals surface area contributed by atoms with Crippen molar-refractivity contribution in [1.29, 1.82) is 0 Å². The Balaban J connectivity index is 0.00000261. The van der Waals surface area contributed by atoms with E-state index in [2.05, 4.69) is 59.6 Å². The summed E-state index contributed by atoms with van der Waals surface area (Å²) in [6, 6.07) is 8.71. The summed E-state index contributed by atoms with van der Waals surface area (Å²) in [6.45, 7) is 8.05. The first-order valence-electron chi connectivity index (χ1n) is 9.37. The molecule has 1 N–H and O–H groups in total. The van der Waals surface area contributed by atoms with Crippen LogP contribution in [0, 0.1) is 6.92 Å². The second kappa shape index (κ2) is 10.9. The van der Waals surface area contributed by atoms with Crippen LogP contribution in [0.25, 0.3) is 0 Å². The van der Waals surface area contributed by atoms with E-state index in [0.717, 1.165) is 44.3 Å². The smallest absolute Gasteiger partial charge is 0.193 e. The van der Waals surface area contributed by atoms with Crippen LogP contribution in [-0.2, 0) is 7.05 Å². The van der Waals surface area contributed by atoms with Crippen LogP contribution in [0.15, 0.2) is 46.5 Å². The predicted octanol–water partition coefficient (Wildman–Crippen LogP) is 3.89. The summed E-state index contributed by atoms with van der Waals surface area (Å²) in [4.78, 5) is 8.55. The van der Waals surface area contributed by atoms with Crippen molar-refractivity contribution in [3.8, 4) is 0 Å². The van der Waals surface area contributed by atoms with Crippen molar-refractivity contribution >= 4 is 41.7 Å². The second-order valence-electron chi connectivity index (χ2n) is 6.78. The molecule has 27 heavy (non-hydrogen) atoms. The van der Waals surface area contributed by atoms with E-state index in [4.69, 9.17) is 4.99 Å². The normalized spacial score (nSPS) is 17.1. The lowest BCUT2D eigenvalue weighted by molar-refractivity contribution is 0.487. The summed E-state index contributed by atoms with van der Waals surface area (Å²) in [6.07, 6.45) is 5.29. The molecule has 5 nitrogen and oxygen atoms in total. The van der Waals surface area contributed by atoms with E-state index in [1.165, 1.54) is 16.0 Å². The molecule has 0 saturated carbocycles. The number of halogens is 1. The fraction of sp³-hybridized carbons (Fsp3) is 0.500. The van der Waals surface area contributed by atoms with Crippen LogP contribution in [0.5, 0.6) is 0 Å². The van der Waals surface area contributed by atoms with Crippen molar-refractivity contribution in [2.75, 3.05) is 31.9 Å². The third kappa shape index (κ3) is 6.41. The number of likely N-dealkylation sites (tertiary alicyclic amines) is 1. The zero-order valence-electron chi connectivity index (χ0n) is 16.4. The highest BCUT2D eigenvalue weighted by Gasteiger charge is 2.26. The summed E-state index contributed by atoms with van der Waals surface area (Å²) in [5, 5.41) is 7.77. The van der Waals surface area contributed by atoms with E-state index in [1.54, 1.807) is 0 Å². The van der Waals surface area contributed by atoms with Crippen LogP contribution in [0.2, 0.25) is 0 Å². The van der Waals surface area contributed by atoms with Crippen LogP contribution >= 0.6 is 35.7 Å². The number of aromatic nitrogens is 2. The van der Waals surface area contributed by atoms with Crippen molar-refractivity contribution in [2.24, 2.45) is 12.0 Å². The van der Waals surface area contributed by atoms with E-state index >= 15 is 0 Å². The molecule has 0 bridgehead atoms. The third-order valence-electron chi connectivity index (χ3n) is 4.66. The van der Waals surface area contributed by atoms with Gasteiger partial charge in [-0.15, -0.1) is 35.7 Å². The first kappa shape index (κ1) is 22.1. The number of aryl methyl sites for hydroxylation is 2. The number of hydrogen-bond donors (Lipinski definition) is 1. The number of benzene rings is 1. The molecule has 2 aromatic rings. The minimum atomic E-state index is 0. The minimum Gasteiger partial charge on any atom is -0.357 e. The topological polar surface area (TPSA) is 45.5 Å². The predicted molar refractivity (Wildman–Crippen MR) is 125 cm³/mol. The van der Waals surface area contributed by atoms with Gasteiger partial charge >= 0.3 is 0 Å². The molecular weight excluding hydrogens is 469 g/mol. The van der Waals surface area contributed by atoms with Gasteiger partial charge in [0.2, 0.25) is 0 Å². The second-order valence-corrected chi connectivity index (χ2v) is 7.94. The summed E-state index contributed by atoms with van der Waals surface area (Å²) >= 11 is 1.87. The number of aliphatic imine (C=N–C) groups is 1. The third-order valence-corrected chi connectivity index (χ3v) is 5.65. The molecule has 0 spiro atoms. The molecule has 1 atom stereocenters. The fourth-order valence-corrected chi connectivity index (χ4v) is 4.00. The SMILES string of the molecule is CCNC(=NCCSc1ccc(C)cc1)N1CCC(c2cnn(C)c2)C1.I. The molecule has 3 rings (SSSR count). The van der Waals surface area contributed by atoms with E-state index in [9.17, 15) is 0 Å². The Hall–Kier alpha value is -1.22. The van der Waals surface area contributed by atoms with Crippen LogP contribution in [0.4, 0.5) is 0 Å². The molecule has 1 unspecified atom stereocenters. The highest BCUT2D eigenvalue weighted by Crippen LogP contribution is 2.26. The van der Waals surface area contributed by atoms with Gasteiger partial charge in [-0.05, 0) is 38.0 Å². The summed E-state index contributed by atoms with van der Waals surface area (Å²) in [7, 11) is 1.98. The summed E-state index contributed by atoms with van der Waals surface area (Å²) < 4.78 is 1.89. The van der Waals surface area contributed by atoms with Crippen LogP contribution in [-0.4, -0.2) is 52.6 Å². The van der Waals surface area contributed by atoms with E-state index in [0.29, 0.717) is 5.92 Å². The monoisotopic (exact) mass is 499 g/mol. The van der Waals surface area contributed by atoms with Gasteiger partial charge < -0.3 is 10.2 Å². The number of guanidine groups is 1. The van der Waals surface area contributed by atoms with E-state index in [1.807, 2.05) is 29.7 Å². The Labute approximate surface area is 184 Å². The quantitative estimate of drug-likeness (QED) is 0.215. The lowest BCUT2D eigenvalue weighted by atomic mass is 10.0. The zero-order chi connectivity index (χ0) is 18.4. The molecule has 0 amide bonds. The Kier molecular flexibility index (Phi) is 8.95. The standard InChI is InChI=1S/C20H29N5S.HI/c1-4-21-20(22-10-12-26-19-7-5-16(2)6-8-19)25-11-9-17(15-25)18-13-23-24(3)14-18;/h5-8,13-14,17H,4,9-12,15H2,1-3H3,(H,21,22);1H. The number of nitrogens with zero attached hydrogens (tertiary/aromatic N) is 4. The Morgan fingerprint density at radius 1 is 1.33 bits per heavy atom. The van der Waals surface area contributed by atoms with Gasteiger partial charge in [0.1, 0.15) is 0 Å². The fourth-order valence-electron chi connectivity index (χ4n) is 3.25. The van der Waals surface area contributed by atoms with E-state index < -0.39 is 0 Å². The molecule has 7 heteroatoms. The first-order chi connectivity index (χ1) is 12.7. The van der Waals surface area contributed by atoms with Crippen molar-refractivity contribution in [2.45, 2.75) is 31.1 Å². The lowest BCUT2D eigenvalue weighted by Crippen LogP contribution is -2.40. The van der Waals surface area contributed by atoms with Gasteiger partial charge in [-0.25, -0.2) is 0 Å². The molecule has 148 valence electrons. The highest BCUT2D eigenvalue weighted by atomic mass is 127. The Morgan fingerprint density at radius 2 is 2.11 bits per heavy atom. The average Bonchev–Trinajstić information content (AvgIpc) is 3.28. The molecule has 1 aliphatic heterocycles. The maximum Gasteiger partial charge on any atom is 0.193 e. The Morgan fingerprint density at radius 3 is 2.78 bits per heavy atom. The lowest BCUT2D eigenvalue weighted by Gasteiger charge is -2.21. The van der Waals surface area contributed by atoms with Crippen molar-refractivity contribution < 1.29 is 0 Å². The number of nitrogens with one attached hydrogen (secondary N) is 1. The zero-order valence-corrected chi connectivity index (χ0v) is 19.5. The molecule has 1 fully saturated rings. The van der Waals surface area contributed by atoms with Crippen LogP contribution in [0.1, 0.15) is 30.4 Å². The molecule has 1 aromatic carbocycles. The maximum atomic E-state index is 4.85. The van der Waals surface area contributed by atoms with Gasteiger partial charge in [-0.2, -0.15) is 5.10 Å². The van der Waals surface area contributed by atoms with Gasteiger partial charge in [-0.1, -0.05) is 17.7 Å². The molecule has 1 aromatic heterocycles. The van der Waals surface area contributed by atoms with Crippen molar-refractivity contribution in [3.63, 3.8) is 0 Å². The number of thioether (sulfide) groups is 1. The van der Waals surface area contributed by atoms with Gasteiger partial charge in [0.05, 0.1) is 12.7 Å². The Bertz CT molecular complexity index is 728. The molecule has 0 aliphatic carbocycles. The number of rotatable bonds is 6. The van der Waals surface area contributed by atoms with Crippen LogP contribution in [0.3, 0.4) is 0 Å². The molecule has 2 heterocycles. The summed E-state index contributed by atoms with van der Waals surface area (Å²) in [5.41, 5.74) is 2.64. The van der Waals surface area contributed by atoms with Gasteiger partial charge in [0.15, 0.2) is 5.96 Å². The highest BCUT2D eigenvalue weighted by molar-refractivity contribution is 14.0. The molecule has 1 saturated heterocycles. The van der Waals surface area contributed by atoms with Crippen LogP contribution < -0.4 is 5.32 Å².